The molecule has 9 heteroatoms. The van der Waals surface area contributed by atoms with Crippen molar-refractivity contribution in [1.82, 2.24) is 14.7 Å². The van der Waals surface area contributed by atoms with E-state index in [1.54, 1.807) is 24.3 Å². The molecular weight excluding hydrogens is 459 g/mol. The normalized spacial score (nSPS) is 10.8. The number of H-pyrrole nitrogens is 1. The molecule has 0 aliphatic heterocycles. The van der Waals surface area contributed by atoms with Crippen molar-refractivity contribution < 1.29 is 37.5 Å². The number of halogens is 1. The molecule has 0 unspecified atom stereocenters. The minimum absolute atomic E-state index is 0. The smallest absolute Gasteiger partial charge is 0.317 e. The van der Waals surface area contributed by atoms with Gasteiger partial charge < -0.3 is 15.1 Å². The average Bonchev–Trinajstić information content (AvgIpc) is 2.67. The van der Waals surface area contributed by atoms with Gasteiger partial charge in [-0.2, -0.15) is 18.2 Å². The summed E-state index contributed by atoms with van der Waals surface area (Å²) in [6.07, 6.45) is 1.10. The number of hydrogen-bond donors (Lipinski definition) is 2. The van der Waals surface area contributed by atoms with Crippen molar-refractivity contribution in [2.75, 3.05) is 0 Å². The summed E-state index contributed by atoms with van der Waals surface area (Å²) in [6.45, 7) is 0.175. The number of carbonyl (C=O) groups excluding carboxylic acids is 1. The SMILES string of the molecule is O=C(NCc1ccc(Cl)cc1)c1cn2c(=O)c(=O)[nH]c3c[c-]cc(c1=O)c32.[Y]. The van der Waals surface area contributed by atoms with Crippen LogP contribution in [0.1, 0.15) is 15.9 Å². The maximum Gasteiger partial charge on any atom is 0.317 e. The molecule has 2 aromatic heterocycles. The Morgan fingerprint density at radius 3 is 2.57 bits per heavy atom. The van der Waals surface area contributed by atoms with Crippen LogP contribution in [0.4, 0.5) is 0 Å². The number of amides is 1. The number of aromatic amines is 1. The molecule has 0 aliphatic carbocycles. The quantitative estimate of drug-likeness (QED) is 0.349. The van der Waals surface area contributed by atoms with E-state index in [0.29, 0.717) is 10.5 Å². The van der Waals surface area contributed by atoms with Crippen LogP contribution >= 0.6 is 11.6 Å². The van der Waals surface area contributed by atoms with E-state index in [-0.39, 0.29) is 55.7 Å². The van der Waals surface area contributed by atoms with Gasteiger partial charge in [0.25, 0.3) is 5.91 Å². The predicted octanol–water partition coefficient (Wildman–Crippen LogP) is 1.32. The van der Waals surface area contributed by atoms with Gasteiger partial charge in [0.15, 0.2) is 0 Å². The second-order valence-corrected chi connectivity index (χ2v) is 6.38. The van der Waals surface area contributed by atoms with Gasteiger partial charge in [0.2, 0.25) is 0 Å². The number of pyridine rings is 1. The Bertz CT molecular complexity index is 1360. The zero-order valence-electron chi connectivity index (χ0n) is 14.3. The minimum Gasteiger partial charge on any atom is -0.369 e. The first-order valence-electron chi connectivity index (χ1n) is 7.93. The van der Waals surface area contributed by atoms with Crippen molar-refractivity contribution in [2.24, 2.45) is 0 Å². The molecule has 2 N–H and O–H groups in total. The van der Waals surface area contributed by atoms with E-state index in [1.807, 2.05) is 0 Å². The Morgan fingerprint density at radius 1 is 1.14 bits per heavy atom. The van der Waals surface area contributed by atoms with Crippen molar-refractivity contribution >= 4 is 33.9 Å². The van der Waals surface area contributed by atoms with E-state index in [9.17, 15) is 19.2 Å². The van der Waals surface area contributed by atoms with Crippen LogP contribution in [0.3, 0.4) is 0 Å². The van der Waals surface area contributed by atoms with Crippen molar-refractivity contribution in [3.05, 3.63) is 95.7 Å². The van der Waals surface area contributed by atoms with Gasteiger partial charge in [0, 0.05) is 50.5 Å². The summed E-state index contributed by atoms with van der Waals surface area (Å²) in [4.78, 5) is 51.7. The molecule has 2 aromatic carbocycles. The first kappa shape index (κ1) is 20.4. The van der Waals surface area contributed by atoms with E-state index < -0.39 is 22.5 Å². The third-order valence-electron chi connectivity index (χ3n) is 4.23. The van der Waals surface area contributed by atoms with Gasteiger partial charge in [-0.3, -0.25) is 18.8 Å². The van der Waals surface area contributed by atoms with E-state index in [2.05, 4.69) is 16.4 Å². The molecule has 137 valence electrons. The van der Waals surface area contributed by atoms with Crippen LogP contribution in [-0.4, -0.2) is 15.3 Å². The number of carbonyl (C=O) groups is 1. The van der Waals surface area contributed by atoms with Gasteiger partial charge in [-0.05, 0) is 28.7 Å². The number of nitrogens with one attached hydrogen (secondary N) is 2. The van der Waals surface area contributed by atoms with Gasteiger partial charge in [0.05, 0.1) is 5.56 Å². The van der Waals surface area contributed by atoms with E-state index >= 15 is 0 Å². The van der Waals surface area contributed by atoms with Gasteiger partial charge >= 0.3 is 11.1 Å². The zero-order chi connectivity index (χ0) is 19.1. The third-order valence-corrected chi connectivity index (χ3v) is 4.48. The maximum atomic E-state index is 12.7. The molecule has 0 atom stereocenters. The summed E-state index contributed by atoms with van der Waals surface area (Å²) >= 11 is 5.82. The summed E-state index contributed by atoms with van der Waals surface area (Å²) in [6, 6.07) is 12.5. The predicted molar refractivity (Wildman–Crippen MR) is 101 cm³/mol. The van der Waals surface area contributed by atoms with Gasteiger partial charge in [-0.1, -0.05) is 29.1 Å². The number of hydrogen-bond acceptors (Lipinski definition) is 4. The van der Waals surface area contributed by atoms with E-state index in [0.717, 1.165) is 16.2 Å². The van der Waals surface area contributed by atoms with E-state index in [4.69, 9.17) is 11.6 Å². The second kappa shape index (κ2) is 7.95. The van der Waals surface area contributed by atoms with Crippen molar-refractivity contribution in [2.45, 2.75) is 6.54 Å². The molecule has 0 saturated heterocycles. The first-order valence-corrected chi connectivity index (χ1v) is 8.31. The first-order chi connectivity index (χ1) is 13.0. The molecule has 28 heavy (non-hydrogen) atoms. The molecule has 0 fully saturated rings. The molecule has 1 amide bonds. The molecule has 0 aliphatic rings. The van der Waals surface area contributed by atoms with Crippen molar-refractivity contribution in [3.63, 3.8) is 0 Å². The van der Waals surface area contributed by atoms with Crippen LogP contribution < -0.4 is 21.9 Å². The molecule has 1 radical (unpaired) electrons. The Hall–Kier alpha value is -2.35. The Kier molecular flexibility index (Phi) is 5.79. The fraction of sp³-hybridized carbons (Fsp3) is 0.0526. The fourth-order valence-corrected chi connectivity index (χ4v) is 3.03. The molecule has 2 heterocycles. The Morgan fingerprint density at radius 2 is 1.86 bits per heavy atom. The minimum atomic E-state index is -0.870. The van der Waals surface area contributed by atoms with Gasteiger partial charge in [-0.15, -0.1) is 0 Å². The molecule has 0 saturated carbocycles. The second-order valence-electron chi connectivity index (χ2n) is 5.94. The van der Waals surface area contributed by atoms with E-state index in [1.165, 1.54) is 12.1 Å². The zero-order valence-corrected chi connectivity index (χ0v) is 17.9. The van der Waals surface area contributed by atoms with Crippen LogP contribution in [0.5, 0.6) is 0 Å². The maximum absolute atomic E-state index is 12.7. The van der Waals surface area contributed by atoms with Crippen LogP contribution in [0, 0.1) is 6.07 Å². The van der Waals surface area contributed by atoms with Crippen molar-refractivity contribution in [3.8, 4) is 0 Å². The summed E-state index contributed by atoms with van der Waals surface area (Å²) in [7, 11) is 0. The summed E-state index contributed by atoms with van der Waals surface area (Å²) in [5.41, 5.74) is -1.16. The molecule has 0 bridgehead atoms. The summed E-state index contributed by atoms with van der Waals surface area (Å²) < 4.78 is 1.02. The number of rotatable bonds is 3. The number of aromatic nitrogens is 2. The standard InChI is InChI=1S/C19H11ClN3O4.Y/c20-11-6-4-10(5-7-11)8-21-17(25)13-9-23-15-12(16(13)24)2-1-3-14(15)22-18(26)19(23)27;/h2-7,9H,8H2,(H,21,25)(H,22,26);/q-1;. The number of benzene rings is 2. The van der Waals surface area contributed by atoms with Crippen LogP contribution in [-0.2, 0) is 39.3 Å². The van der Waals surface area contributed by atoms with Crippen LogP contribution in [0.15, 0.2) is 57.0 Å². The molecular formula is C19H11ClN3O4Y-. The van der Waals surface area contributed by atoms with Gasteiger partial charge in [-0.25, -0.2) is 0 Å². The Balaban J connectivity index is 0.00000225. The molecule has 4 aromatic rings. The molecule has 7 nitrogen and oxygen atoms in total. The average molecular weight is 470 g/mol. The topological polar surface area (TPSA) is 101 Å². The van der Waals surface area contributed by atoms with Crippen molar-refractivity contribution in [1.29, 1.82) is 0 Å². The molecule has 4 rings (SSSR count). The van der Waals surface area contributed by atoms with Gasteiger partial charge in [0.1, 0.15) is 5.43 Å². The third kappa shape index (κ3) is 3.53. The fourth-order valence-electron chi connectivity index (χ4n) is 2.90. The summed E-state index contributed by atoms with van der Waals surface area (Å²) in [5.74, 6) is -0.648. The van der Waals surface area contributed by atoms with Crippen LogP contribution in [0.25, 0.3) is 16.4 Å². The number of nitrogens with zero attached hydrogens (tertiary/aromatic N) is 1. The largest absolute Gasteiger partial charge is 0.369 e. The molecule has 0 spiro atoms. The Labute approximate surface area is 187 Å². The monoisotopic (exact) mass is 469 g/mol. The van der Waals surface area contributed by atoms with Crippen LogP contribution in [0.2, 0.25) is 5.02 Å². The summed E-state index contributed by atoms with van der Waals surface area (Å²) in [5, 5.41) is 3.33.